The Labute approximate surface area is 140 Å². The number of carbonyl (C=O) groups is 1. The Kier molecular flexibility index (Phi) is 6.16. The van der Waals surface area contributed by atoms with E-state index in [-0.39, 0.29) is 11.9 Å². The smallest absolute Gasteiger partial charge is 0.230 e. The fourth-order valence-electron chi connectivity index (χ4n) is 1.94. The van der Waals surface area contributed by atoms with Crippen molar-refractivity contribution >= 4 is 29.3 Å². The number of benzene rings is 2. The monoisotopic (exact) mass is 335 g/mol. The van der Waals surface area contributed by atoms with Gasteiger partial charge in [0.05, 0.1) is 18.9 Å². The van der Waals surface area contributed by atoms with Crippen LogP contribution in [0.15, 0.2) is 53.4 Å². The molecular weight excluding hydrogens is 318 g/mol. The molecule has 2 rings (SSSR count). The van der Waals surface area contributed by atoms with Crippen LogP contribution in [0.1, 0.15) is 18.5 Å². The van der Waals surface area contributed by atoms with Gasteiger partial charge in [0.15, 0.2) is 0 Å². The average Bonchev–Trinajstić information content (AvgIpc) is 2.54. The van der Waals surface area contributed by atoms with Crippen molar-refractivity contribution in [1.82, 2.24) is 5.32 Å². The van der Waals surface area contributed by atoms with Crippen LogP contribution in [-0.2, 0) is 4.79 Å². The Morgan fingerprint density at radius 1 is 1.18 bits per heavy atom. The number of hydrogen-bond donors (Lipinski definition) is 1. The van der Waals surface area contributed by atoms with Crippen LogP contribution in [0.3, 0.4) is 0 Å². The highest BCUT2D eigenvalue weighted by Gasteiger charge is 2.10. The first-order valence-corrected chi connectivity index (χ1v) is 8.26. The maximum atomic E-state index is 12.0. The molecule has 0 bridgehead atoms. The van der Waals surface area contributed by atoms with Gasteiger partial charge in [0.2, 0.25) is 5.91 Å². The molecule has 0 saturated carbocycles. The van der Waals surface area contributed by atoms with Crippen molar-refractivity contribution in [3.63, 3.8) is 0 Å². The Morgan fingerprint density at radius 2 is 1.82 bits per heavy atom. The number of thioether (sulfide) groups is 1. The van der Waals surface area contributed by atoms with Crippen molar-refractivity contribution in [2.24, 2.45) is 0 Å². The van der Waals surface area contributed by atoms with E-state index in [0.717, 1.165) is 16.2 Å². The van der Waals surface area contributed by atoms with Crippen molar-refractivity contribution in [3.05, 3.63) is 59.1 Å². The quantitative estimate of drug-likeness (QED) is 0.799. The maximum absolute atomic E-state index is 12.0. The third-order valence-corrected chi connectivity index (χ3v) is 4.44. The average molecular weight is 336 g/mol. The third-order valence-electron chi connectivity index (χ3n) is 3.18. The molecule has 0 saturated heterocycles. The normalized spacial score (nSPS) is 11.8. The number of halogens is 1. The molecule has 0 aliphatic carbocycles. The Bertz CT molecular complexity index is 614. The molecule has 0 unspecified atom stereocenters. The Hall–Kier alpha value is -1.65. The number of rotatable bonds is 6. The Morgan fingerprint density at radius 3 is 2.41 bits per heavy atom. The van der Waals surface area contributed by atoms with Crippen molar-refractivity contribution in [3.8, 4) is 5.75 Å². The van der Waals surface area contributed by atoms with Crippen LogP contribution >= 0.6 is 23.4 Å². The topological polar surface area (TPSA) is 38.3 Å². The lowest BCUT2D eigenvalue weighted by Crippen LogP contribution is -2.28. The lowest BCUT2D eigenvalue weighted by atomic mass is 10.1. The minimum absolute atomic E-state index is 0.00303. The molecular formula is C17H18ClNO2S. The van der Waals surface area contributed by atoms with E-state index in [1.165, 1.54) is 11.8 Å². The zero-order valence-corrected chi connectivity index (χ0v) is 14.1. The predicted octanol–water partition coefficient (Wildman–Crippen LogP) is 4.32. The fourth-order valence-corrected chi connectivity index (χ4v) is 2.77. The van der Waals surface area contributed by atoms with E-state index >= 15 is 0 Å². The summed E-state index contributed by atoms with van der Waals surface area (Å²) in [5.41, 5.74) is 1.03. The van der Waals surface area contributed by atoms with Crippen LogP contribution in [0.5, 0.6) is 5.75 Å². The standard InChI is InChI=1S/C17H18ClNO2S/c1-12(13-3-5-14(18)6-4-13)19-17(20)11-22-16-9-7-15(21-2)8-10-16/h3-10,12H,11H2,1-2H3,(H,19,20)/t12-/m1/s1. The van der Waals surface area contributed by atoms with E-state index in [2.05, 4.69) is 5.32 Å². The molecule has 0 radical (unpaired) electrons. The first kappa shape index (κ1) is 16.7. The number of amides is 1. The number of nitrogens with one attached hydrogen (secondary N) is 1. The number of ether oxygens (including phenoxy) is 1. The number of hydrogen-bond acceptors (Lipinski definition) is 3. The molecule has 0 spiro atoms. The van der Waals surface area contributed by atoms with E-state index < -0.39 is 0 Å². The molecule has 0 aliphatic rings. The van der Waals surface area contributed by atoms with Gasteiger partial charge in [-0.3, -0.25) is 4.79 Å². The van der Waals surface area contributed by atoms with E-state index in [4.69, 9.17) is 16.3 Å². The van der Waals surface area contributed by atoms with Crippen molar-refractivity contribution in [2.45, 2.75) is 17.9 Å². The minimum atomic E-state index is -0.0405. The van der Waals surface area contributed by atoms with Gasteiger partial charge in [-0.1, -0.05) is 23.7 Å². The van der Waals surface area contributed by atoms with Gasteiger partial charge < -0.3 is 10.1 Å². The van der Waals surface area contributed by atoms with E-state index in [1.807, 2.05) is 55.5 Å². The number of carbonyl (C=O) groups excluding carboxylic acids is 1. The summed E-state index contributed by atoms with van der Waals surface area (Å²) >= 11 is 7.36. The van der Waals surface area contributed by atoms with Gasteiger partial charge in [0.1, 0.15) is 5.75 Å². The van der Waals surface area contributed by atoms with Crippen molar-refractivity contribution in [1.29, 1.82) is 0 Å². The first-order chi connectivity index (χ1) is 10.6. The summed E-state index contributed by atoms with van der Waals surface area (Å²) in [7, 11) is 1.63. The minimum Gasteiger partial charge on any atom is -0.497 e. The summed E-state index contributed by atoms with van der Waals surface area (Å²) in [5.74, 6) is 1.19. The van der Waals surface area contributed by atoms with Crippen LogP contribution < -0.4 is 10.1 Å². The van der Waals surface area contributed by atoms with Crippen LogP contribution in [0.4, 0.5) is 0 Å². The largest absolute Gasteiger partial charge is 0.497 e. The predicted molar refractivity (Wildman–Crippen MR) is 91.7 cm³/mol. The maximum Gasteiger partial charge on any atom is 0.230 e. The second-order valence-corrected chi connectivity index (χ2v) is 6.29. The van der Waals surface area contributed by atoms with Gasteiger partial charge in [-0.05, 0) is 48.9 Å². The van der Waals surface area contributed by atoms with Gasteiger partial charge in [-0.25, -0.2) is 0 Å². The molecule has 0 fully saturated rings. The Balaban J connectivity index is 1.83. The van der Waals surface area contributed by atoms with Gasteiger partial charge in [0.25, 0.3) is 0 Å². The first-order valence-electron chi connectivity index (χ1n) is 6.90. The van der Waals surface area contributed by atoms with Crippen LogP contribution in [0.25, 0.3) is 0 Å². The molecule has 1 amide bonds. The summed E-state index contributed by atoms with van der Waals surface area (Å²) in [6, 6.07) is 15.1. The van der Waals surface area contributed by atoms with E-state index in [9.17, 15) is 4.79 Å². The van der Waals surface area contributed by atoms with Crippen LogP contribution in [0, 0.1) is 0 Å². The fraction of sp³-hybridized carbons (Fsp3) is 0.235. The second kappa shape index (κ2) is 8.11. The molecule has 0 aliphatic heterocycles. The summed E-state index contributed by atoms with van der Waals surface area (Å²) in [6.45, 7) is 1.96. The van der Waals surface area contributed by atoms with Gasteiger partial charge in [-0.2, -0.15) is 0 Å². The molecule has 1 atom stereocenters. The molecule has 0 heterocycles. The SMILES string of the molecule is COc1ccc(SCC(=O)N[C@H](C)c2ccc(Cl)cc2)cc1. The molecule has 2 aromatic rings. The molecule has 0 aromatic heterocycles. The van der Waals surface area contributed by atoms with Gasteiger partial charge in [0, 0.05) is 9.92 Å². The van der Waals surface area contributed by atoms with E-state index in [1.54, 1.807) is 7.11 Å². The zero-order valence-electron chi connectivity index (χ0n) is 12.5. The number of methoxy groups -OCH3 is 1. The molecule has 1 N–H and O–H groups in total. The highest BCUT2D eigenvalue weighted by Crippen LogP contribution is 2.21. The van der Waals surface area contributed by atoms with Gasteiger partial charge >= 0.3 is 0 Å². The zero-order chi connectivity index (χ0) is 15.9. The van der Waals surface area contributed by atoms with Crippen LogP contribution in [-0.4, -0.2) is 18.8 Å². The second-order valence-electron chi connectivity index (χ2n) is 4.80. The molecule has 2 aromatic carbocycles. The lowest BCUT2D eigenvalue weighted by Gasteiger charge is -2.14. The molecule has 5 heteroatoms. The van der Waals surface area contributed by atoms with Gasteiger partial charge in [-0.15, -0.1) is 11.8 Å². The highest BCUT2D eigenvalue weighted by atomic mass is 35.5. The molecule has 116 valence electrons. The van der Waals surface area contributed by atoms with Crippen LogP contribution in [0.2, 0.25) is 5.02 Å². The third kappa shape index (κ3) is 4.97. The molecule has 3 nitrogen and oxygen atoms in total. The molecule has 22 heavy (non-hydrogen) atoms. The summed E-state index contributed by atoms with van der Waals surface area (Å²) < 4.78 is 5.11. The van der Waals surface area contributed by atoms with E-state index in [0.29, 0.717) is 10.8 Å². The lowest BCUT2D eigenvalue weighted by molar-refractivity contribution is -0.119. The summed E-state index contributed by atoms with van der Waals surface area (Å²) in [4.78, 5) is 13.0. The highest BCUT2D eigenvalue weighted by molar-refractivity contribution is 8.00. The summed E-state index contributed by atoms with van der Waals surface area (Å²) in [5, 5.41) is 3.67. The summed E-state index contributed by atoms with van der Waals surface area (Å²) in [6.07, 6.45) is 0. The van der Waals surface area contributed by atoms with Crippen molar-refractivity contribution < 1.29 is 9.53 Å². The van der Waals surface area contributed by atoms with Crippen molar-refractivity contribution in [2.75, 3.05) is 12.9 Å².